The first kappa shape index (κ1) is 18.2. The van der Waals surface area contributed by atoms with Gasteiger partial charge in [-0.1, -0.05) is 63.6 Å². The maximum atomic E-state index is 11.5. The van der Waals surface area contributed by atoms with E-state index in [0.717, 1.165) is 47.4 Å². The van der Waals surface area contributed by atoms with Gasteiger partial charge in [-0.25, -0.2) is 0 Å². The summed E-state index contributed by atoms with van der Waals surface area (Å²) in [6.07, 6.45) is 0.709. The summed E-state index contributed by atoms with van der Waals surface area (Å²) in [6, 6.07) is 16.5. The van der Waals surface area contributed by atoms with Gasteiger partial charge in [-0.05, 0) is 17.2 Å². The summed E-state index contributed by atoms with van der Waals surface area (Å²) in [5, 5.41) is 4.30. The first-order chi connectivity index (χ1) is 13.1. The van der Waals surface area contributed by atoms with Gasteiger partial charge in [0.2, 0.25) is 0 Å². The smallest absolute Gasteiger partial charge is 0.311 e. The Morgan fingerprint density at radius 1 is 1.22 bits per heavy atom. The van der Waals surface area contributed by atoms with E-state index in [-0.39, 0.29) is 18.0 Å². The molecule has 2 aliphatic rings. The number of nitrogens with zero attached hydrogens (tertiary/aromatic N) is 2. The molecule has 2 aliphatic heterocycles. The largest absolute Gasteiger partial charge is 0.469 e. The van der Waals surface area contributed by atoms with Gasteiger partial charge in [0.25, 0.3) is 0 Å². The van der Waals surface area contributed by atoms with Gasteiger partial charge in [-0.15, -0.1) is 0 Å². The second kappa shape index (κ2) is 7.82. The lowest BCUT2D eigenvalue weighted by atomic mass is 9.98. The zero-order chi connectivity index (χ0) is 18.8. The number of rotatable bonds is 5. The van der Waals surface area contributed by atoms with Crippen LogP contribution in [-0.2, 0) is 20.9 Å². The van der Waals surface area contributed by atoms with Crippen LogP contribution in [-0.4, -0.2) is 36.8 Å². The standard InChI is InChI=1S/C21H21BrN2O3/c1-26-21(25)16-12-24(13-16)11-14-6-8-15(9-7-14)19-10-20(27-23-19)17-4-2-3-5-18(17)22/h2-9,16,20H,10-13H2,1H3. The third kappa shape index (κ3) is 3.92. The minimum Gasteiger partial charge on any atom is -0.469 e. The molecule has 5 nitrogen and oxygen atoms in total. The molecule has 1 atom stereocenters. The zero-order valence-electron chi connectivity index (χ0n) is 15.1. The molecular weight excluding hydrogens is 408 g/mol. The van der Waals surface area contributed by atoms with Crippen molar-refractivity contribution in [2.45, 2.75) is 19.1 Å². The summed E-state index contributed by atoms with van der Waals surface area (Å²) in [7, 11) is 1.44. The molecule has 1 unspecified atom stereocenters. The van der Waals surface area contributed by atoms with E-state index in [1.807, 2.05) is 18.2 Å². The summed E-state index contributed by atoms with van der Waals surface area (Å²) in [5.74, 6) is -0.0889. The molecule has 0 spiro atoms. The van der Waals surface area contributed by atoms with Crippen molar-refractivity contribution in [3.8, 4) is 0 Å². The Kier molecular flexibility index (Phi) is 5.27. The number of methoxy groups -OCH3 is 1. The molecule has 2 heterocycles. The van der Waals surface area contributed by atoms with Crippen LogP contribution in [0.5, 0.6) is 0 Å². The molecule has 0 bridgehead atoms. The highest BCUT2D eigenvalue weighted by atomic mass is 79.9. The molecule has 0 radical (unpaired) electrons. The summed E-state index contributed by atoms with van der Waals surface area (Å²) in [6.45, 7) is 2.38. The fourth-order valence-corrected chi connectivity index (χ4v) is 4.07. The van der Waals surface area contributed by atoms with Gasteiger partial charge in [0.15, 0.2) is 6.10 Å². The van der Waals surface area contributed by atoms with Crippen LogP contribution in [0.4, 0.5) is 0 Å². The van der Waals surface area contributed by atoms with Gasteiger partial charge < -0.3 is 9.57 Å². The molecule has 0 amide bonds. The van der Waals surface area contributed by atoms with Crippen LogP contribution >= 0.6 is 15.9 Å². The van der Waals surface area contributed by atoms with E-state index in [0.29, 0.717) is 0 Å². The van der Waals surface area contributed by atoms with E-state index in [9.17, 15) is 4.79 Å². The maximum absolute atomic E-state index is 11.5. The molecule has 4 rings (SSSR count). The number of ether oxygens (including phenoxy) is 1. The van der Waals surface area contributed by atoms with E-state index in [2.05, 4.69) is 56.3 Å². The van der Waals surface area contributed by atoms with Gasteiger partial charge in [-0.3, -0.25) is 9.69 Å². The maximum Gasteiger partial charge on any atom is 0.311 e. The Morgan fingerprint density at radius 2 is 1.96 bits per heavy atom. The second-order valence-electron chi connectivity index (χ2n) is 6.97. The van der Waals surface area contributed by atoms with Crippen molar-refractivity contribution in [2.24, 2.45) is 11.1 Å². The number of carbonyl (C=O) groups excluding carboxylic acids is 1. The SMILES string of the molecule is COC(=O)C1CN(Cc2ccc(C3=NOC(c4ccccc4Br)C3)cc2)C1. The lowest BCUT2D eigenvalue weighted by Crippen LogP contribution is -2.49. The quantitative estimate of drug-likeness (QED) is 0.677. The Hall–Kier alpha value is -2.18. The Bertz CT molecular complexity index is 860. The van der Waals surface area contributed by atoms with E-state index in [4.69, 9.17) is 9.57 Å². The summed E-state index contributed by atoms with van der Waals surface area (Å²) < 4.78 is 5.82. The monoisotopic (exact) mass is 428 g/mol. The fourth-order valence-electron chi connectivity index (χ4n) is 3.53. The molecule has 0 N–H and O–H groups in total. The number of hydrogen-bond acceptors (Lipinski definition) is 5. The Balaban J connectivity index is 1.34. The normalized spacial score (nSPS) is 19.9. The molecule has 2 aromatic carbocycles. The van der Waals surface area contributed by atoms with E-state index in [1.54, 1.807) is 0 Å². The highest BCUT2D eigenvalue weighted by Gasteiger charge is 2.33. The molecule has 0 aliphatic carbocycles. The molecule has 140 valence electrons. The first-order valence-electron chi connectivity index (χ1n) is 9.00. The van der Waals surface area contributed by atoms with Gasteiger partial charge in [-0.2, -0.15) is 0 Å². The Morgan fingerprint density at radius 3 is 2.67 bits per heavy atom. The lowest BCUT2D eigenvalue weighted by molar-refractivity contribution is -0.151. The number of esters is 1. The second-order valence-corrected chi connectivity index (χ2v) is 7.82. The van der Waals surface area contributed by atoms with E-state index < -0.39 is 0 Å². The van der Waals surface area contributed by atoms with Crippen molar-refractivity contribution in [3.63, 3.8) is 0 Å². The Labute approximate surface area is 167 Å². The number of oxime groups is 1. The number of carbonyl (C=O) groups is 1. The highest BCUT2D eigenvalue weighted by Crippen LogP contribution is 2.33. The van der Waals surface area contributed by atoms with Gasteiger partial charge >= 0.3 is 5.97 Å². The average Bonchev–Trinajstić information content (AvgIpc) is 3.14. The van der Waals surface area contributed by atoms with Crippen LogP contribution in [0.3, 0.4) is 0 Å². The molecule has 6 heteroatoms. The van der Waals surface area contributed by atoms with Crippen LogP contribution in [0, 0.1) is 5.92 Å². The van der Waals surface area contributed by atoms with E-state index >= 15 is 0 Å². The highest BCUT2D eigenvalue weighted by molar-refractivity contribution is 9.10. The van der Waals surface area contributed by atoms with Crippen molar-refractivity contribution >= 4 is 27.6 Å². The van der Waals surface area contributed by atoms with Gasteiger partial charge in [0.1, 0.15) is 0 Å². The third-order valence-electron chi connectivity index (χ3n) is 5.11. The molecule has 1 saturated heterocycles. The predicted octanol–water partition coefficient (Wildman–Crippen LogP) is 3.92. The predicted molar refractivity (Wildman–Crippen MR) is 106 cm³/mol. The minimum atomic E-state index is -0.111. The summed E-state index contributed by atoms with van der Waals surface area (Å²) in [4.78, 5) is 19.4. The van der Waals surface area contributed by atoms with Crippen molar-refractivity contribution in [1.82, 2.24) is 4.90 Å². The fraction of sp³-hybridized carbons (Fsp3) is 0.333. The minimum absolute atomic E-state index is 0.0218. The lowest BCUT2D eigenvalue weighted by Gasteiger charge is -2.37. The van der Waals surface area contributed by atoms with Gasteiger partial charge in [0, 0.05) is 36.1 Å². The van der Waals surface area contributed by atoms with Crippen LogP contribution in [0.2, 0.25) is 0 Å². The number of halogens is 1. The van der Waals surface area contributed by atoms with Crippen LogP contribution in [0.25, 0.3) is 0 Å². The summed E-state index contributed by atoms with van der Waals surface area (Å²) in [5.41, 5.74) is 4.40. The van der Waals surface area contributed by atoms with Crippen molar-refractivity contribution < 1.29 is 14.4 Å². The molecule has 27 heavy (non-hydrogen) atoms. The topological polar surface area (TPSA) is 51.1 Å². The van der Waals surface area contributed by atoms with Crippen molar-refractivity contribution in [1.29, 1.82) is 0 Å². The van der Waals surface area contributed by atoms with Crippen LogP contribution in [0.1, 0.15) is 29.2 Å². The van der Waals surface area contributed by atoms with Crippen LogP contribution in [0.15, 0.2) is 58.2 Å². The summed E-state index contributed by atoms with van der Waals surface area (Å²) >= 11 is 3.58. The first-order valence-corrected chi connectivity index (χ1v) is 9.80. The molecule has 0 aromatic heterocycles. The van der Waals surface area contributed by atoms with Crippen molar-refractivity contribution in [2.75, 3.05) is 20.2 Å². The average molecular weight is 429 g/mol. The van der Waals surface area contributed by atoms with Gasteiger partial charge in [0.05, 0.1) is 18.7 Å². The molecule has 0 saturated carbocycles. The molecule has 2 aromatic rings. The zero-order valence-corrected chi connectivity index (χ0v) is 16.7. The van der Waals surface area contributed by atoms with Crippen LogP contribution < -0.4 is 0 Å². The number of hydrogen-bond donors (Lipinski definition) is 0. The molecular formula is C21H21BrN2O3. The molecule has 1 fully saturated rings. The van der Waals surface area contributed by atoms with E-state index in [1.165, 1.54) is 12.7 Å². The van der Waals surface area contributed by atoms with Crippen molar-refractivity contribution in [3.05, 3.63) is 69.7 Å². The third-order valence-corrected chi connectivity index (χ3v) is 5.83. The number of benzene rings is 2. The number of likely N-dealkylation sites (tertiary alicyclic amines) is 1.